The van der Waals surface area contributed by atoms with Crippen LogP contribution in [0.4, 0.5) is 36.8 Å². The number of hydrogen-bond donors (Lipinski definition) is 4. The van der Waals surface area contributed by atoms with Crippen molar-refractivity contribution in [1.29, 1.82) is 0 Å². The van der Waals surface area contributed by atoms with Gasteiger partial charge in [-0.05, 0) is 29.8 Å². The van der Waals surface area contributed by atoms with E-state index in [4.69, 9.17) is 4.74 Å². The van der Waals surface area contributed by atoms with Crippen LogP contribution in [0.5, 0.6) is 0 Å². The van der Waals surface area contributed by atoms with Crippen LogP contribution in [0.3, 0.4) is 0 Å². The number of rotatable bonds is 9. The summed E-state index contributed by atoms with van der Waals surface area (Å²) in [5, 5.41) is 7.45. The number of anilines is 1. The fourth-order valence-corrected chi connectivity index (χ4v) is 4.47. The number of H-pyrrole nitrogens is 1. The SMILES string of the molecule is COC(=O)[C@H](Cc1cn(C)cn1)NC(=O)[C@H](Cc1c[nH]c2ccccc12)NC(=O)Nc1cc(C(F)(F)F)cc(C(F)(F)F)c1. The molecule has 0 bridgehead atoms. The lowest BCUT2D eigenvalue weighted by molar-refractivity contribution is -0.145. The van der Waals surface area contributed by atoms with Gasteiger partial charge in [0.15, 0.2) is 0 Å². The van der Waals surface area contributed by atoms with E-state index in [1.807, 2.05) is 5.32 Å². The molecule has 0 aliphatic carbocycles. The van der Waals surface area contributed by atoms with Crippen LogP contribution in [-0.4, -0.2) is 51.6 Å². The zero-order valence-electron chi connectivity index (χ0n) is 23.1. The predicted octanol–water partition coefficient (Wildman–Crippen LogP) is 4.57. The van der Waals surface area contributed by atoms with Gasteiger partial charge in [0.2, 0.25) is 5.91 Å². The van der Waals surface area contributed by atoms with E-state index in [0.29, 0.717) is 34.3 Å². The first-order valence-electron chi connectivity index (χ1n) is 12.9. The third-order valence-corrected chi connectivity index (χ3v) is 6.54. The molecule has 0 unspecified atom stereocenters. The number of para-hydroxylation sites is 1. The molecule has 4 N–H and O–H groups in total. The maximum absolute atomic E-state index is 13.5. The highest BCUT2D eigenvalue weighted by Crippen LogP contribution is 2.37. The number of urea groups is 1. The summed E-state index contributed by atoms with van der Waals surface area (Å²) in [6.07, 6.45) is -5.84. The van der Waals surface area contributed by atoms with Gasteiger partial charge in [0, 0.05) is 48.9 Å². The summed E-state index contributed by atoms with van der Waals surface area (Å²) in [6, 6.07) is 3.65. The molecule has 3 amide bonds. The Morgan fingerprint density at radius 3 is 2.20 bits per heavy atom. The number of benzene rings is 2. The number of ether oxygens (including phenoxy) is 1. The number of carbonyl (C=O) groups excluding carboxylic acids is 3. The van der Waals surface area contributed by atoms with Crippen molar-refractivity contribution in [1.82, 2.24) is 25.2 Å². The Balaban J connectivity index is 1.61. The largest absolute Gasteiger partial charge is 0.467 e. The lowest BCUT2D eigenvalue weighted by Crippen LogP contribution is -2.54. The lowest BCUT2D eigenvalue weighted by atomic mass is 10.0. The number of imidazole rings is 1. The molecular weight excluding hydrogens is 598 g/mol. The summed E-state index contributed by atoms with van der Waals surface area (Å²) in [7, 11) is 2.81. The van der Waals surface area contributed by atoms with Gasteiger partial charge in [-0.3, -0.25) is 4.79 Å². The first-order valence-corrected chi connectivity index (χ1v) is 12.9. The number of aryl methyl sites for hydroxylation is 1. The second kappa shape index (κ2) is 12.7. The van der Waals surface area contributed by atoms with Gasteiger partial charge < -0.3 is 30.2 Å². The molecule has 0 aliphatic heterocycles. The number of aromatic nitrogens is 3. The van der Waals surface area contributed by atoms with Crippen molar-refractivity contribution < 1.29 is 45.5 Å². The van der Waals surface area contributed by atoms with Crippen LogP contribution in [0.1, 0.15) is 22.4 Å². The highest BCUT2D eigenvalue weighted by molar-refractivity contribution is 5.95. The number of hydrogen-bond acceptors (Lipinski definition) is 5. The van der Waals surface area contributed by atoms with Crippen molar-refractivity contribution in [3.63, 3.8) is 0 Å². The Morgan fingerprint density at radius 2 is 1.61 bits per heavy atom. The molecule has 0 aliphatic rings. The maximum Gasteiger partial charge on any atom is 0.416 e. The second-order valence-electron chi connectivity index (χ2n) is 9.83. The molecule has 0 saturated heterocycles. The van der Waals surface area contributed by atoms with E-state index < -0.39 is 59.2 Å². The number of alkyl halides is 6. The first kappa shape index (κ1) is 31.9. The van der Waals surface area contributed by atoms with Crippen LogP contribution in [0, 0.1) is 0 Å². The van der Waals surface area contributed by atoms with Crippen molar-refractivity contribution in [3.8, 4) is 0 Å². The lowest BCUT2D eigenvalue weighted by Gasteiger charge is -2.22. The number of fused-ring (bicyclic) bond motifs is 1. The molecule has 0 radical (unpaired) electrons. The Labute approximate surface area is 245 Å². The van der Waals surface area contributed by atoms with E-state index in [9.17, 15) is 40.7 Å². The van der Waals surface area contributed by atoms with E-state index in [1.54, 1.807) is 48.3 Å². The number of carbonyl (C=O) groups is 3. The van der Waals surface area contributed by atoms with Gasteiger partial charge in [-0.25, -0.2) is 14.6 Å². The number of amides is 3. The highest BCUT2D eigenvalue weighted by atomic mass is 19.4. The van der Waals surface area contributed by atoms with Crippen LogP contribution in [0.25, 0.3) is 10.9 Å². The Morgan fingerprint density at radius 1 is 0.955 bits per heavy atom. The van der Waals surface area contributed by atoms with Crippen molar-refractivity contribution in [3.05, 3.63) is 83.6 Å². The van der Waals surface area contributed by atoms with Gasteiger partial charge in [-0.15, -0.1) is 0 Å². The smallest absolute Gasteiger partial charge is 0.416 e. The molecule has 0 spiro atoms. The minimum Gasteiger partial charge on any atom is -0.467 e. The van der Waals surface area contributed by atoms with Crippen molar-refractivity contribution >= 4 is 34.5 Å². The minimum atomic E-state index is -5.14. The maximum atomic E-state index is 13.5. The summed E-state index contributed by atoms with van der Waals surface area (Å²) in [4.78, 5) is 46.1. The van der Waals surface area contributed by atoms with Gasteiger partial charge in [0.1, 0.15) is 12.1 Å². The molecule has 2 heterocycles. The quantitative estimate of drug-likeness (QED) is 0.160. The van der Waals surface area contributed by atoms with E-state index in [2.05, 4.69) is 20.6 Å². The molecule has 2 atom stereocenters. The molecule has 44 heavy (non-hydrogen) atoms. The fourth-order valence-electron chi connectivity index (χ4n) is 4.47. The number of halogens is 6. The summed E-state index contributed by atoms with van der Waals surface area (Å²) in [5.74, 6) is -1.69. The van der Waals surface area contributed by atoms with Crippen LogP contribution in [-0.2, 0) is 46.6 Å². The van der Waals surface area contributed by atoms with E-state index in [1.165, 1.54) is 6.33 Å². The van der Waals surface area contributed by atoms with Crippen LogP contribution in [0.2, 0.25) is 0 Å². The average Bonchev–Trinajstić information content (AvgIpc) is 3.56. The monoisotopic (exact) mass is 624 g/mol. The fraction of sp³-hybridized carbons (Fsp3) is 0.286. The van der Waals surface area contributed by atoms with Crippen molar-refractivity contribution in [2.45, 2.75) is 37.3 Å². The Bertz CT molecular complexity index is 1630. The van der Waals surface area contributed by atoms with E-state index in [-0.39, 0.29) is 18.9 Å². The molecule has 2 aromatic carbocycles. The predicted molar refractivity (Wildman–Crippen MR) is 145 cm³/mol. The molecule has 4 rings (SSSR count). The molecule has 10 nitrogen and oxygen atoms in total. The van der Waals surface area contributed by atoms with Crippen molar-refractivity contribution in [2.75, 3.05) is 12.4 Å². The number of esters is 1. The molecule has 0 fully saturated rings. The molecular formula is C28H26F6N6O4. The highest BCUT2D eigenvalue weighted by Gasteiger charge is 2.37. The second-order valence-corrected chi connectivity index (χ2v) is 9.83. The number of nitrogens with one attached hydrogen (secondary N) is 4. The number of aromatic amines is 1. The summed E-state index contributed by atoms with van der Waals surface area (Å²) >= 11 is 0. The van der Waals surface area contributed by atoms with Crippen molar-refractivity contribution in [2.24, 2.45) is 7.05 Å². The van der Waals surface area contributed by atoms with Gasteiger partial charge in [-0.2, -0.15) is 26.3 Å². The van der Waals surface area contributed by atoms with Crippen LogP contribution < -0.4 is 16.0 Å². The van der Waals surface area contributed by atoms with E-state index in [0.717, 1.165) is 7.11 Å². The topological polar surface area (TPSA) is 130 Å². The van der Waals surface area contributed by atoms with Gasteiger partial charge in [0.25, 0.3) is 0 Å². The molecule has 0 saturated carbocycles. The Hall–Kier alpha value is -5.02. The zero-order chi connectivity index (χ0) is 32.2. The summed E-state index contributed by atoms with van der Waals surface area (Å²) < 4.78 is 86.3. The number of nitrogens with zero attached hydrogens (tertiary/aromatic N) is 2. The summed E-state index contributed by atoms with van der Waals surface area (Å²) in [6.45, 7) is 0. The van der Waals surface area contributed by atoms with Crippen LogP contribution >= 0.6 is 0 Å². The van der Waals surface area contributed by atoms with Gasteiger partial charge in [-0.1, -0.05) is 18.2 Å². The standard InChI is InChI=1S/C28H26F6N6O4/c1-40-13-19(36-14-40)11-23(25(42)44-2)38-24(41)22(7-15-12-35-21-6-4-3-5-20(15)21)39-26(43)37-18-9-16(27(29,30)31)8-17(10-18)28(32,33)34/h3-6,8-10,12-14,22-23,35H,7,11H2,1-2H3,(H,38,41)(H2,37,39,43)/t22-,23-/m0/s1. The third kappa shape index (κ3) is 7.87. The molecule has 4 aromatic rings. The number of methoxy groups -OCH3 is 1. The molecule has 234 valence electrons. The van der Waals surface area contributed by atoms with Gasteiger partial charge in [0.05, 0.1) is 30.3 Å². The third-order valence-electron chi connectivity index (χ3n) is 6.54. The average molecular weight is 625 g/mol. The van der Waals surface area contributed by atoms with E-state index >= 15 is 0 Å². The minimum absolute atomic E-state index is 0.0737. The summed E-state index contributed by atoms with van der Waals surface area (Å²) in [5.41, 5.74) is -2.38. The zero-order valence-corrected chi connectivity index (χ0v) is 23.1. The Kier molecular flexibility index (Phi) is 9.20. The molecule has 16 heteroatoms. The normalized spacial score (nSPS) is 13.3. The van der Waals surface area contributed by atoms with Gasteiger partial charge >= 0.3 is 24.4 Å². The van der Waals surface area contributed by atoms with Crippen LogP contribution in [0.15, 0.2) is 61.2 Å². The molecule has 2 aromatic heterocycles. The first-order chi connectivity index (χ1) is 20.6.